The molecule has 2 heterocycles. The average Bonchev–Trinajstić information content (AvgIpc) is 2.61. The van der Waals surface area contributed by atoms with Crippen LogP contribution in [0.3, 0.4) is 0 Å². The smallest absolute Gasteiger partial charge is 0.315 e. The van der Waals surface area contributed by atoms with Gasteiger partial charge in [0, 0.05) is 30.8 Å². The number of hydrogen-bond acceptors (Lipinski definition) is 4. The van der Waals surface area contributed by atoms with Crippen molar-refractivity contribution in [2.45, 2.75) is 39.0 Å². The van der Waals surface area contributed by atoms with Crippen LogP contribution in [0.4, 0.5) is 4.79 Å². The number of nitrogens with one attached hydrogen (secondary N) is 2. The summed E-state index contributed by atoms with van der Waals surface area (Å²) < 4.78 is 11.1. The van der Waals surface area contributed by atoms with Crippen molar-refractivity contribution in [3.05, 3.63) is 53.7 Å². The van der Waals surface area contributed by atoms with Gasteiger partial charge in [-0.15, -0.1) is 0 Å². The predicted molar refractivity (Wildman–Crippen MR) is 94.7 cm³/mol. The zero-order valence-electron chi connectivity index (χ0n) is 14.5. The quantitative estimate of drug-likeness (QED) is 0.876. The SMILES string of the molecule is CC(C)Oc1ccc(CNC(=O)NC2CCOc3ccccc32)cn1. The summed E-state index contributed by atoms with van der Waals surface area (Å²) in [6, 6.07) is 11.3. The molecular weight excluding hydrogens is 318 g/mol. The summed E-state index contributed by atoms with van der Waals surface area (Å²) in [5, 5.41) is 5.87. The van der Waals surface area contributed by atoms with Gasteiger partial charge in [0.25, 0.3) is 0 Å². The fourth-order valence-electron chi connectivity index (χ4n) is 2.71. The summed E-state index contributed by atoms with van der Waals surface area (Å²) in [5.41, 5.74) is 1.93. The Hall–Kier alpha value is -2.76. The lowest BCUT2D eigenvalue weighted by atomic mass is 10.0. The van der Waals surface area contributed by atoms with Crippen LogP contribution in [0.1, 0.15) is 37.4 Å². The molecule has 25 heavy (non-hydrogen) atoms. The van der Waals surface area contributed by atoms with Crippen molar-refractivity contribution >= 4 is 6.03 Å². The Morgan fingerprint density at radius 1 is 1.32 bits per heavy atom. The molecule has 6 nitrogen and oxygen atoms in total. The molecule has 0 bridgehead atoms. The Morgan fingerprint density at radius 3 is 2.92 bits per heavy atom. The maximum Gasteiger partial charge on any atom is 0.315 e. The molecule has 0 spiro atoms. The van der Waals surface area contributed by atoms with E-state index in [4.69, 9.17) is 9.47 Å². The Labute approximate surface area is 147 Å². The molecule has 0 fully saturated rings. The Morgan fingerprint density at radius 2 is 2.16 bits per heavy atom. The van der Waals surface area contributed by atoms with E-state index in [0.717, 1.165) is 23.3 Å². The highest BCUT2D eigenvalue weighted by Crippen LogP contribution is 2.31. The number of carbonyl (C=O) groups is 1. The molecular formula is C19H23N3O3. The summed E-state index contributed by atoms with van der Waals surface area (Å²) >= 11 is 0. The van der Waals surface area contributed by atoms with Crippen LogP contribution in [0, 0.1) is 0 Å². The molecule has 1 aromatic heterocycles. The van der Waals surface area contributed by atoms with E-state index in [0.29, 0.717) is 19.0 Å². The number of hydrogen-bond donors (Lipinski definition) is 2. The van der Waals surface area contributed by atoms with E-state index in [1.165, 1.54) is 0 Å². The number of amides is 2. The van der Waals surface area contributed by atoms with Gasteiger partial charge in [-0.05, 0) is 25.5 Å². The molecule has 1 atom stereocenters. The van der Waals surface area contributed by atoms with Crippen LogP contribution in [-0.2, 0) is 6.54 Å². The van der Waals surface area contributed by atoms with Crippen LogP contribution in [0.25, 0.3) is 0 Å². The summed E-state index contributed by atoms with van der Waals surface area (Å²) in [6.45, 7) is 4.92. The van der Waals surface area contributed by atoms with Crippen molar-refractivity contribution in [2.75, 3.05) is 6.61 Å². The van der Waals surface area contributed by atoms with Crippen molar-refractivity contribution in [2.24, 2.45) is 0 Å². The van der Waals surface area contributed by atoms with E-state index in [1.54, 1.807) is 6.20 Å². The maximum atomic E-state index is 12.2. The monoisotopic (exact) mass is 341 g/mol. The second kappa shape index (κ2) is 7.88. The molecule has 2 aromatic rings. The van der Waals surface area contributed by atoms with Gasteiger partial charge in [0.05, 0.1) is 18.8 Å². The van der Waals surface area contributed by atoms with E-state index in [-0.39, 0.29) is 18.2 Å². The minimum Gasteiger partial charge on any atom is -0.493 e. The third kappa shape index (κ3) is 4.62. The van der Waals surface area contributed by atoms with Crippen LogP contribution in [-0.4, -0.2) is 23.7 Å². The minimum atomic E-state index is -0.204. The molecule has 132 valence electrons. The Balaban J connectivity index is 1.52. The zero-order chi connectivity index (χ0) is 17.6. The number of pyridine rings is 1. The number of benzene rings is 1. The molecule has 6 heteroatoms. The molecule has 0 saturated carbocycles. The summed E-state index contributed by atoms with van der Waals surface area (Å²) in [5.74, 6) is 1.42. The van der Waals surface area contributed by atoms with Gasteiger partial charge in [0.2, 0.25) is 5.88 Å². The van der Waals surface area contributed by atoms with Crippen molar-refractivity contribution in [3.63, 3.8) is 0 Å². The third-order valence-electron chi connectivity index (χ3n) is 3.87. The largest absolute Gasteiger partial charge is 0.493 e. The zero-order valence-corrected chi connectivity index (χ0v) is 14.5. The first-order valence-electron chi connectivity index (χ1n) is 8.49. The highest BCUT2D eigenvalue weighted by molar-refractivity contribution is 5.74. The molecule has 0 saturated heterocycles. The molecule has 1 aliphatic heterocycles. The number of para-hydroxylation sites is 1. The number of carbonyl (C=O) groups excluding carboxylic acids is 1. The lowest BCUT2D eigenvalue weighted by molar-refractivity contribution is 0.223. The summed E-state index contributed by atoms with van der Waals surface area (Å²) in [4.78, 5) is 16.4. The minimum absolute atomic E-state index is 0.0371. The lowest BCUT2D eigenvalue weighted by Crippen LogP contribution is -2.39. The first-order chi connectivity index (χ1) is 12.1. The molecule has 1 unspecified atom stereocenters. The normalized spacial score (nSPS) is 15.9. The van der Waals surface area contributed by atoms with Crippen LogP contribution in [0.15, 0.2) is 42.6 Å². The second-order valence-electron chi connectivity index (χ2n) is 6.23. The number of urea groups is 1. The average molecular weight is 341 g/mol. The van der Waals surface area contributed by atoms with Crippen LogP contribution < -0.4 is 20.1 Å². The predicted octanol–water partition coefficient (Wildman–Crippen LogP) is 3.19. The standard InChI is InChI=1S/C19H23N3O3/c1-13(2)25-18-8-7-14(11-20-18)12-21-19(23)22-16-9-10-24-17-6-4-3-5-15(16)17/h3-8,11,13,16H,9-10,12H2,1-2H3,(H2,21,22,23). The number of fused-ring (bicyclic) bond motifs is 1. The van der Waals surface area contributed by atoms with E-state index in [1.807, 2.05) is 50.2 Å². The van der Waals surface area contributed by atoms with Crippen LogP contribution >= 0.6 is 0 Å². The van der Waals surface area contributed by atoms with Crippen molar-refractivity contribution in [3.8, 4) is 11.6 Å². The van der Waals surface area contributed by atoms with Gasteiger partial charge >= 0.3 is 6.03 Å². The second-order valence-corrected chi connectivity index (χ2v) is 6.23. The van der Waals surface area contributed by atoms with Crippen molar-refractivity contribution in [1.82, 2.24) is 15.6 Å². The van der Waals surface area contributed by atoms with Crippen LogP contribution in [0.5, 0.6) is 11.6 Å². The van der Waals surface area contributed by atoms with E-state index >= 15 is 0 Å². The van der Waals surface area contributed by atoms with E-state index < -0.39 is 0 Å². The lowest BCUT2D eigenvalue weighted by Gasteiger charge is -2.26. The van der Waals surface area contributed by atoms with Gasteiger partial charge in [-0.2, -0.15) is 0 Å². The molecule has 1 aliphatic rings. The van der Waals surface area contributed by atoms with Crippen LogP contribution in [0.2, 0.25) is 0 Å². The third-order valence-corrected chi connectivity index (χ3v) is 3.87. The number of rotatable bonds is 5. The molecule has 3 rings (SSSR count). The van der Waals surface area contributed by atoms with Gasteiger partial charge in [0.1, 0.15) is 5.75 Å². The first kappa shape index (κ1) is 17.1. The molecule has 1 aromatic carbocycles. The van der Waals surface area contributed by atoms with E-state index in [9.17, 15) is 4.79 Å². The summed E-state index contributed by atoms with van der Waals surface area (Å²) in [6.07, 6.45) is 2.55. The van der Waals surface area contributed by atoms with Gasteiger partial charge in [0.15, 0.2) is 0 Å². The highest BCUT2D eigenvalue weighted by Gasteiger charge is 2.22. The summed E-state index contributed by atoms with van der Waals surface area (Å²) in [7, 11) is 0. The Kier molecular flexibility index (Phi) is 5.38. The topological polar surface area (TPSA) is 72.5 Å². The maximum absolute atomic E-state index is 12.2. The van der Waals surface area contributed by atoms with E-state index in [2.05, 4.69) is 15.6 Å². The number of ether oxygens (including phenoxy) is 2. The van der Waals surface area contributed by atoms with Gasteiger partial charge in [-0.25, -0.2) is 9.78 Å². The number of nitrogens with zero attached hydrogens (tertiary/aromatic N) is 1. The van der Waals surface area contributed by atoms with Gasteiger partial charge in [-0.3, -0.25) is 0 Å². The van der Waals surface area contributed by atoms with Gasteiger partial charge < -0.3 is 20.1 Å². The Bertz CT molecular complexity index is 716. The van der Waals surface area contributed by atoms with Crippen molar-refractivity contribution in [1.29, 1.82) is 0 Å². The fraction of sp³-hybridized carbons (Fsp3) is 0.368. The first-order valence-corrected chi connectivity index (χ1v) is 8.49. The molecule has 2 N–H and O–H groups in total. The number of aromatic nitrogens is 1. The molecule has 2 amide bonds. The van der Waals surface area contributed by atoms with Crippen molar-refractivity contribution < 1.29 is 14.3 Å². The highest BCUT2D eigenvalue weighted by atomic mass is 16.5. The fourth-order valence-corrected chi connectivity index (χ4v) is 2.71. The molecule has 0 aliphatic carbocycles. The molecule has 0 radical (unpaired) electrons. The van der Waals surface area contributed by atoms with Gasteiger partial charge in [-0.1, -0.05) is 24.3 Å².